The van der Waals surface area contributed by atoms with Crippen molar-refractivity contribution in [1.29, 1.82) is 0 Å². The summed E-state index contributed by atoms with van der Waals surface area (Å²) in [5, 5.41) is 0. The molecule has 0 saturated heterocycles. The zero-order valence-electron chi connectivity index (χ0n) is 10.0. The summed E-state index contributed by atoms with van der Waals surface area (Å²) in [6.45, 7) is 2.11. The SMILES string of the molecule is CCOC(=O)/C(=C\N(C)C)N=CN(C)C. The monoisotopic (exact) mass is 213 g/mol. The molecule has 0 radical (unpaired) electrons. The van der Waals surface area contributed by atoms with Gasteiger partial charge < -0.3 is 14.5 Å². The molecule has 86 valence electrons. The predicted octanol–water partition coefficient (Wildman–Crippen LogP) is 0.542. The highest BCUT2D eigenvalue weighted by Gasteiger charge is 2.08. The van der Waals surface area contributed by atoms with E-state index < -0.39 is 5.97 Å². The molecule has 0 aliphatic carbocycles. The second-order valence-corrected chi connectivity index (χ2v) is 3.41. The second kappa shape index (κ2) is 6.86. The molecule has 0 aromatic rings. The van der Waals surface area contributed by atoms with Crippen LogP contribution in [0.1, 0.15) is 6.92 Å². The first-order chi connectivity index (χ1) is 6.97. The van der Waals surface area contributed by atoms with Gasteiger partial charge in [0.2, 0.25) is 0 Å². The lowest BCUT2D eigenvalue weighted by Crippen LogP contribution is -2.14. The molecule has 0 aliphatic rings. The van der Waals surface area contributed by atoms with Crippen LogP contribution in [0.15, 0.2) is 16.9 Å². The van der Waals surface area contributed by atoms with Gasteiger partial charge in [-0.25, -0.2) is 9.79 Å². The van der Waals surface area contributed by atoms with Crippen molar-refractivity contribution in [2.24, 2.45) is 4.99 Å². The molecule has 0 fully saturated rings. The van der Waals surface area contributed by atoms with Gasteiger partial charge in [0.15, 0.2) is 5.70 Å². The van der Waals surface area contributed by atoms with E-state index in [1.807, 2.05) is 28.2 Å². The van der Waals surface area contributed by atoms with Gasteiger partial charge in [0, 0.05) is 34.4 Å². The Kier molecular flexibility index (Phi) is 6.17. The van der Waals surface area contributed by atoms with E-state index in [1.165, 1.54) is 0 Å². The molecular weight excluding hydrogens is 194 g/mol. The second-order valence-electron chi connectivity index (χ2n) is 3.41. The lowest BCUT2D eigenvalue weighted by Gasteiger charge is -2.09. The highest BCUT2D eigenvalue weighted by Crippen LogP contribution is 2.01. The topological polar surface area (TPSA) is 45.1 Å². The molecule has 5 nitrogen and oxygen atoms in total. The fraction of sp³-hybridized carbons (Fsp3) is 0.600. The van der Waals surface area contributed by atoms with E-state index in [0.29, 0.717) is 6.61 Å². The van der Waals surface area contributed by atoms with E-state index in [2.05, 4.69) is 4.99 Å². The molecule has 0 atom stereocenters. The van der Waals surface area contributed by atoms with Crippen molar-refractivity contribution in [2.75, 3.05) is 34.8 Å². The van der Waals surface area contributed by atoms with E-state index in [0.717, 1.165) is 0 Å². The van der Waals surface area contributed by atoms with Crippen molar-refractivity contribution < 1.29 is 9.53 Å². The lowest BCUT2D eigenvalue weighted by atomic mass is 10.4. The van der Waals surface area contributed by atoms with Crippen LogP contribution < -0.4 is 0 Å². The Bertz CT molecular complexity index is 257. The standard InChI is InChI=1S/C10H19N3O2/c1-6-15-10(14)9(7-12(2)3)11-8-13(4)5/h7-8H,6H2,1-5H3/b9-7+,11-8?. The van der Waals surface area contributed by atoms with Crippen molar-refractivity contribution >= 4 is 12.3 Å². The van der Waals surface area contributed by atoms with Crippen LogP contribution in [0.25, 0.3) is 0 Å². The first kappa shape index (κ1) is 13.5. The number of hydrogen-bond acceptors (Lipinski definition) is 4. The summed E-state index contributed by atoms with van der Waals surface area (Å²) in [6.07, 6.45) is 3.18. The molecule has 0 saturated carbocycles. The van der Waals surface area contributed by atoms with Gasteiger partial charge in [-0.3, -0.25) is 0 Å². The number of hydrogen-bond donors (Lipinski definition) is 0. The summed E-state index contributed by atoms with van der Waals surface area (Å²) < 4.78 is 4.87. The third-order valence-corrected chi connectivity index (χ3v) is 1.29. The van der Waals surface area contributed by atoms with Crippen molar-refractivity contribution in [3.8, 4) is 0 Å². The van der Waals surface area contributed by atoms with Gasteiger partial charge in [0.05, 0.1) is 12.9 Å². The van der Waals surface area contributed by atoms with Crippen LogP contribution in [0.5, 0.6) is 0 Å². The Morgan fingerprint density at radius 1 is 1.27 bits per heavy atom. The predicted molar refractivity (Wildman–Crippen MR) is 60.6 cm³/mol. The molecule has 0 unspecified atom stereocenters. The quantitative estimate of drug-likeness (QED) is 0.289. The molecule has 15 heavy (non-hydrogen) atoms. The third kappa shape index (κ3) is 6.54. The Hall–Kier alpha value is -1.52. The minimum atomic E-state index is -0.413. The Labute approximate surface area is 91.0 Å². The number of ether oxygens (including phenoxy) is 1. The molecular formula is C10H19N3O2. The molecule has 0 bridgehead atoms. The maximum absolute atomic E-state index is 11.4. The average Bonchev–Trinajstić information content (AvgIpc) is 2.11. The largest absolute Gasteiger partial charge is 0.461 e. The zero-order chi connectivity index (χ0) is 11.8. The molecule has 0 aromatic carbocycles. The van der Waals surface area contributed by atoms with E-state index in [-0.39, 0.29) is 5.70 Å². The maximum Gasteiger partial charge on any atom is 0.358 e. The minimum absolute atomic E-state index is 0.288. The van der Waals surface area contributed by atoms with Gasteiger partial charge in [-0.1, -0.05) is 0 Å². The fourth-order valence-electron chi connectivity index (χ4n) is 0.766. The Morgan fingerprint density at radius 3 is 2.27 bits per heavy atom. The molecule has 0 heterocycles. The normalized spacial score (nSPS) is 11.7. The Balaban J connectivity index is 4.66. The molecule has 0 rings (SSSR count). The number of carbonyl (C=O) groups is 1. The zero-order valence-corrected chi connectivity index (χ0v) is 10.0. The van der Waals surface area contributed by atoms with Crippen molar-refractivity contribution in [3.05, 3.63) is 11.9 Å². The first-order valence-corrected chi connectivity index (χ1v) is 4.73. The summed E-state index contributed by atoms with van der Waals surface area (Å²) in [5.41, 5.74) is 0.288. The van der Waals surface area contributed by atoms with Crippen LogP contribution in [0.4, 0.5) is 0 Å². The van der Waals surface area contributed by atoms with E-state index >= 15 is 0 Å². The first-order valence-electron chi connectivity index (χ1n) is 4.73. The number of carbonyl (C=O) groups excluding carboxylic acids is 1. The van der Waals surface area contributed by atoms with E-state index in [9.17, 15) is 4.79 Å². The van der Waals surface area contributed by atoms with Crippen LogP contribution in [0.2, 0.25) is 0 Å². The summed E-state index contributed by atoms with van der Waals surface area (Å²) in [4.78, 5) is 19.0. The van der Waals surface area contributed by atoms with E-state index in [1.54, 1.807) is 29.3 Å². The lowest BCUT2D eigenvalue weighted by molar-refractivity contribution is -0.138. The molecule has 0 amide bonds. The summed E-state index contributed by atoms with van der Waals surface area (Å²) in [6, 6.07) is 0. The van der Waals surface area contributed by atoms with Gasteiger partial charge in [-0.2, -0.15) is 0 Å². The number of nitrogens with zero attached hydrogens (tertiary/aromatic N) is 3. The molecule has 0 aromatic heterocycles. The Morgan fingerprint density at radius 2 is 1.87 bits per heavy atom. The van der Waals surface area contributed by atoms with Crippen molar-refractivity contribution in [2.45, 2.75) is 6.92 Å². The molecule has 0 spiro atoms. The molecule has 0 N–H and O–H groups in total. The number of rotatable bonds is 5. The highest BCUT2D eigenvalue weighted by atomic mass is 16.5. The van der Waals surface area contributed by atoms with Crippen LogP contribution in [-0.4, -0.2) is 56.9 Å². The average molecular weight is 213 g/mol. The third-order valence-electron chi connectivity index (χ3n) is 1.29. The smallest absolute Gasteiger partial charge is 0.358 e. The van der Waals surface area contributed by atoms with E-state index in [4.69, 9.17) is 4.74 Å². The number of aliphatic imine (C=N–C) groups is 1. The molecule has 0 aliphatic heterocycles. The van der Waals surface area contributed by atoms with Gasteiger partial charge >= 0.3 is 5.97 Å². The van der Waals surface area contributed by atoms with Crippen LogP contribution >= 0.6 is 0 Å². The summed E-state index contributed by atoms with van der Waals surface area (Å²) in [7, 11) is 7.32. The highest BCUT2D eigenvalue weighted by molar-refractivity contribution is 5.89. The molecule has 5 heteroatoms. The van der Waals surface area contributed by atoms with Gasteiger partial charge in [-0.15, -0.1) is 0 Å². The van der Waals surface area contributed by atoms with Gasteiger partial charge in [0.25, 0.3) is 0 Å². The van der Waals surface area contributed by atoms with Crippen molar-refractivity contribution in [1.82, 2.24) is 9.80 Å². The summed E-state index contributed by atoms with van der Waals surface area (Å²) in [5.74, 6) is -0.413. The van der Waals surface area contributed by atoms with Gasteiger partial charge in [-0.05, 0) is 6.92 Å². The minimum Gasteiger partial charge on any atom is -0.461 e. The van der Waals surface area contributed by atoms with Crippen molar-refractivity contribution in [3.63, 3.8) is 0 Å². The summed E-state index contributed by atoms with van der Waals surface area (Å²) >= 11 is 0. The van der Waals surface area contributed by atoms with Gasteiger partial charge in [0.1, 0.15) is 0 Å². The maximum atomic E-state index is 11.4. The fourth-order valence-corrected chi connectivity index (χ4v) is 0.766. The van der Waals surface area contributed by atoms with Crippen LogP contribution in [-0.2, 0) is 9.53 Å². The van der Waals surface area contributed by atoms with Crippen LogP contribution in [0, 0.1) is 0 Å². The van der Waals surface area contributed by atoms with Crippen LogP contribution in [0.3, 0.4) is 0 Å². The number of esters is 1.